The normalized spacial score (nSPS) is 20.7. The van der Waals surface area contributed by atoms with Gasteiger partial charge in [0.05, 0.1) is 17.4 Å². The van der Waals surface area contributed by atoms with Gasteiger partial charge in [-0.3, -0.25) is 9.48 Å². The fourth-order valence-corrected chi connectivity index (χ4v) is 3.41. The standard InChI is InChI=1S/C18H20N4O/c1-22-17(10-15(21-22)13-6-4-8-19-11-13)16-9-12-5-2-3-7-14(12)18(23)20-16/h2-3,5-7,10,16,19H,4,8-9,11H2,1H3,(H,20,23). The Labute approximate surface area is 135 Å². The van der Waals surface area contributed by atoms with Crippen LogP contribution in [0.3, 0.4) is 0 Å². The smallest absolute Gasteiger partial charge is 0.252 e. The number of benzene rings is 1. The van der Waals surface area contributed by atoms with Gasteiger partial charge in [-0.2, -0.15) is 5.10 Å². The van der Waals surface area contributed by atoms with Crippen LogP contribution in [-0.4, -0.2) is 28.8 Å². The topological polar surface area (TPSA) is 59.0 Å². The highest BCUT2D eigenvalue weighted by Crippen LogP contribution is 2.27. The summed E-state index contributed by atoms with van der Waals surface area (Å²) < 4.78 is 1.89. The fourth-order valence-electron chi connectivity index (χ4n) is 3.41. The molecule has 0 radical (unpaired) electrons. The van der Waals surface area contributed by atoms with Gasteiger partial charge in [-0.1, -0.05) is 24.3 Å². The molecular formula is C18H20N4O. The monoisotopic (exact) mass is 308 g/mol. The number of carbonyl (C=O) groups is 1. The number of amides is 1. The third-order valence-electron chi connectivity index (χ3n) is 4.62. The molecule has 3 heterocycles. The maximum atomic E-state index is 12.3. The number of carbonyl (C=O) groups excluding carboxylic acids is 1. The van der Waals surface area contributed by atoms with Crippen molar-refractivity contribution in [1.29, 1.82) is 0 Å². The molecule has 0 bridgehead atoms. The van der Waals surface area contributed by atoms with Crippen molar-refractivity contribution in [3.05, 3.63) is 58.9 Å². The molecule has 1 aromatic carbocycles. The van der Waals surface area contributed by atoms with Crippen LogP contribution in [0.4, 0.5) is 0 Å². The Morgan fingerprint density at radius 3 is 3.00 bits per heavy atom. The van der Waals surface area contributed by atoms with E-state index in [0.29, 0.717) is 0 Å². The number of hydrogen-bond acceptors (Lipinski definition) is 3. The lowest BCUT2D eigenvalue weighted by Gasteiger charge is -2.25. The highest BCUT2D eigenvalue weighted by molar-refractivity contribution is 5.97. The third kappa shape index (κ3) is 2.57. The third-order valence-corrected chi connectivity index (χ3v) is 4.62. The van der Waals surface area contributed by atoms with Gasteiger partial charge in [-0.25, -0.2) is 0 Å². The Balaban J connectivity index is 1.65. The zero-order valence-corrected chi connectivity index (χ0v) is 13.2. The molecule has 2 aliphatic heterocycles. The van der Waals surface area contributed by atoms with E-state index in [1.54, 1.807) is 0 Å². The van der Waals surface area contributed by atoms with E-state index < -0.39 is 0 Å². The van der Waals surface area contributed by atoms with Gasteiger partial charge < -0.3 is 10.6 Å². The van der Waals surface area contributed by atoms with Gasteiger partial charge in [0, 0.05) is 19.2 Å². The van der Waals surface area contributed by atoms with E-state index in [1.165, 1.54) is 5.57 Å². The van der Waals surface area contributed by atoms with Gasteiger partial charge >= 0.3 is 0 Å². The number of fused-ring (bicyclic) bond motifs is 1. The van der Waals surface area contributed by atoms with Crippen LogP contribution in [0.15, 0.2) is 36.4 Å². The molecule has 0 spiro atoms. The van der Waals surface area contributed by atoms with Crippen LogP contribution in [0, 0.1) is 0 Å². The van der Waals surface area contributed by atoms with Crippen LogP contribution in [0.5, 0.6) is 0 Å². The predicted octanol–water partition coefficient (Wildman–Crippen LogP) is 1.82. The lowest BCUT2D eigenvalue weighted by Crippen LogP contribution is -2.36. The number of nitrogens with zero attached hydrogens (tertiary/aromatic N) is 2. The minimum atomic E-state index is -0.0270. The minimum Gasteiger partial charge on any atom is -0.343 e. The number of rotatable bonds is 2. The molecule has 2 aliphatic rings. The number of nitrogens with one attached hydrogen (secondary N) is 2. The van der Waals surface area contributed by atoms with E-state index in [1.807, 2.05) is 36.0 Å². The lowest BCUT2D eigenvalue weighted by atomic mass is 9.93. The average Bonchev–Trinajstić information content (AvgIpc) is 2.97. The number of aryl methyl sites for hydroxylation is 1. The van der Waals surface area contributed by atoms with E-state index in [2.05, 4.69) is 27.9 Å². The second-order valence-corrected chi connectivity index (χ2v) is 6.16. The first-order valence-electron chi connectivity index (χ1n) is 8.05. The molecule has 1 aromatic heterocycles. The van der Waals surface area contributed by atoms with Crippen molar-refractivity contribution in [2.45, 2.75) is 18.9 Å². The second kappa shape index (κ2) is 5.66. The van der Waals surface area contributed by atoms with E-state index >= 15 is 0 Å². The summed E-state index contributed by atoms with van der Waals surface area (Å²) in [4.78, 5) is 12.3. The molecule has 4 rings (SSSR count). The van der Waals surface area contributed by atoms with Gasteiger partial charge in [0.1, 0.15) is 0 Å². The van der Waals surface area contributed by atoms with Gasteiger partial charge in [-0.05, 0) is 42.7 Å². The Morgan fingerprint density at radius 2 is 2.17 bits per heavy atom. The van der Waals surface area contributed by atoms with Crippen LogP contribution in [0.1, 0.15) is 39.8 Å². The molecule has 0 aliphatic carbocycles. The summed E-state index contributed by atoms with van der Waals surface area (Å²) in [6.45, 7) is 1.88. The predicted molar refractivity (Wildman–Crippen MR) is 89.0 cm³/mol. The van der Waals surface area contributed by atoms with Gasteiger partial charge in [0.15, 0.2) is 0 Å². The Morgan fingerprint density at radius 1 is 1.30 bits per heavy atom. The minimum absolute atomic E-state index is 0.00171. The van der Waals surface area contributed by atoms with Crippen molar-refractivity contribution in [2.75, 3.05) is 13.1 Å². The maximum absolute atomic E-state index is 12.3. The Kier molecular flexibility index (Phi) is 3.50. The average molecular weight is 308 g/mol. The number of hydrogen-bond donors (Lipinski definition) is 2. The lowest BCUT2D eigenvalue weighted by molar-refractivity contribution is 0.0923. The molecule has 0 fully saturated rings. The van der Waals surface area contributed by atoms with Gasteiger partial charge in [-0.15, -0.1) is 0 Å². The maximum Gasteiger partial charge on any atom is 0.252 e. The van der Waals surface area contributed by atoms with Crippen molar-refractivity contribution in [2.24, 2.45) is 7.05 Å². The fraction of sp³-hybridized carbons (Fsp3) is 0.333. The van der Waals surface area contributed by atoms with E-state index in [9.17, 15) is 4.79 Å². The molecule has 5 heteroatoms. The van der Waals surface area contributed by atoms with Crippen molar-refractivity contribution >= 4 is 11.5 Å². The highest BCUT2D eigenvalue weighted by Gasteiger charge is 2.27. The van der Waals surface area contributed by atoms with Gasteiger partial charge in [0.2, 0.25) is 0 Å². The molecule has 23 heavy (non-hydrogen) atoms. The molecule has 118 valence electrons. The SMILES string of the molecule is Cn1nc(C2=CCCNC2)cc1C1Cc2ccccc2C(=O)N1. The highest BCUT2D eigenvalue weighted by atomic mass is 16.1. The second-order valence-electron chi connectivity index (χ2n) is 6.16. The molecule has 1 amide bonds. The summed E-state index contributed by atoms with van der Waals surface area (Å²) in [6, 6.07) is 9.89. The van der Waals surface area contributed by atoms with Crippen molar-refractivity contribution in [3.63, 3.8) is 0 Å². The summed E-state index contributed by atoms with van der Waals surface area (Å²) in [5.74, 6) is -0.00171. The van der Waals surface area contributed by atoms with Crippen molar-refractivity contribution in [3.8, 4) is 0 Å². The van der Waals surface area contributed by atoms with E-state index in [4.69, 9.17) is 0 Å². The van der Waals surface area contributed by atoms with E-state index in [0.717, 1.165) is 48.4 Å². The molecule has 2 aromatic rings. The Bertz CT molecular complexity index is 790. The Hall–Kier alpha value is -2.40. The number of aromatic nitrogens is 2. The first kappa shape index (κ1) is 14.2. The summed E-state index contributed by atoms with van der Waals surface area (Å²) in [7, 11) is 1.95. The van der Waals surface area contributed by atoms with Crippen LogP contribution in [0.2, 0.25) is 0 Å². The van der Waals surface area contributed by atoms with Gasteiger partial charge in [0.25, 0.3) is 5.91 Å². The first-order valence-corrected chi connectivity index (χ1v) is 8.05. The quantitative estimate of drug-likeness (QED) is 0.890. The van der Waals surface area contributed by atoms with Crippen molar-refractivity contribution < 1.29 is 4.79 Å². The van der Waals surface area contributed by atoms with E-state index in [-0.39, 0.29) is 11.9 Å². The van der Waals surface area contributed by atoms with Crippen LogP contribution in [0.25, 0.3) is 5.57 Å². The van der Waals surface area contributed by atoms with Crippen LogP contribution >= 0.6 is 0 Å². The zero-order chi connectivity index (χ0) is 15.8. The molecule has 1 atom stereocenters. The van der Waals surface area contributed by atoms with Crippen LogP contribution in [-0.2, 0) is 13.5 Å². The summed E-state index contributed by atoms with van der Waals surface area (Å²) in [6.07, 6.45) is 4.09. The molecule has 0 saturated heterocycles. The summed E-state index contributed by atoms with van der Waals surface area (Å²) >= 11 is 0. The largest absolute Gasteiger partial charge is 0.343 e. The summed E-state index contributed by atoms with van der Waals surface area (Å²) in [5, 5.41) is 11.1. The molecular weight excluding hydrogens is 288 g/mol. The molecule has 2 N–H and O–H groups in total. The zero-order valence-electron chi connectivity index (χ0n) is 13.2. The molecule has 5 nitrogen and oxygen atoms in total. The molecule has 1 unspecified atom stereocenters. The van der Waals surface area contributed by atoms with Crippen LogP contribution < -0.4 is 10.6 Å². The van der Waals surface area contributed by atoms with Crippen molar-refractivity contribution in [1.82, 2.24) is 20.4 Å². The first-order chi connectivity index (χ1) is 11.2. The summed E-state index contributed by atoms with van der Waals surface area (Å²) in [5.41, 5.74) is 5.17. The molecule has 0 saturated carbocycles.